The second-order valence-electron chi connectivity index (χ2n) is 6.78. The average Bonchev–Trinajstić information content (AvgIpc) is 3.32. The molecule has 2 aromatic carbocycles. The van der Waals surface area contributed by atoms with Gasteiger partial charge in [0.05, 0.1) is 6.54 Å². The third-order valence-corrected chi connectivity index (χ3v) is 5.07. The highest BCUT2D eigenvalue weighted by atomic mass is 19.1. The van der Waals surface area contributed by atoms with E-state index in [1.54, 1.807) is 0 Å². The average molecular weight is 383 g/mol. The highest BCUT2D eigenvalue weighted by Crippen LogP contribution is 2.34. The summed E-state index contributed by atoms with van der Waals surface area (Å²) in [4.78, 5) is 18.2. The monoisotopic (exact) mass is 383 g/mol. The summed E-state index contributed by atoms with van der Waals surface area (Å²) in [7, 11) is 0. The Morgan fingerprint density at radius 2 is 1.86 bits per heavy atom. The SMILES string of the molecule is CCc1ccc(-c2noc(C3CCC(=O)N3Cc3c(F)cccc3F)n2)cc1. The third kappa shape index (κ3) is 3.40. The highest BCUT2D eigenvalue weighted by Gasteiger charge is 2.36. The van der Waals surface area contributed by atoms with E-state index in [4.69, 9.17) is 4.52 Å². The van der Waals surface area contributed by atoms with E-state index in [0.717, 1.165) is 12.0 Å². The van der Waals surface area contributed by atoms with Gasteiger partial charge in [-0.25, -0.2) is 8.78 Å². The molecule has 0 saturated carbocycles. The van der Waals surface area contributed by atoms with Crippen molar-refractivity contribution >= 4 is 5.91 Å². The number of aromatic nitrogens is 2. The molecule has 1 atom stereocenters. The minimum atomic E-state index is -0.680. The molecule has 0 bridgehead atoms. The van der Waals surface area contributed by atoms with Crippen molar-refractivity contribution in [2.24, 2.45) is 0 Å². The molecule has 1 aliphatic heterocycles. The van der Waals surface area contributed by atoms with Gasteiger partial charge in [0, 0.05) is 17.5 Å². The van der Waals surface area contributed by atoms with E-state index in [2.05, 4.69) is 17.1 Å². The van der Waals surface area contributed by atoms with Gasteiger partial charge in [-0.1, -0.05) is 42.4 Å². The fourth-order valence-electron chi connectivity index (χ4n) is 3.42. The lowest BCUT2D eigenvalue weighted by Crippen LogP contribution is -2.28. The Morgan fingerprint density at radius 1 is 1.14 bits per heavy atom. The van der Waals surface area contributed by atoms with Crippen LogP contribution in [-0.2, 0) is 17.8 Å². The fraction of sp³-hybridized carbons (Fsp3) is 0.286. The molecule has 1 aliphatic rings. The number of hydrogen-bond acceptors (Lipinski definition) is 4. The zero-order chi connectivity index (χ0) is 19.7. The van der Waals surface area contributed by atoms with Crippen molar-refractivity contribution < 1.29 is 18.1 Å². The summed E-state index contributed by atoms with van der Waals surface area (Å²) in [6, 6.07) is 11.0. The lowest BCUT2D eigenvalue weighted by atomic mass is 10.1. The van der Waals surface area contributed by atoms with Crippen LogP contribution in [0.3, 0.4) is 0 Å². The molecule has 0 N–H and O–H groups in total. The number of nitrogens with zero attached hydrogens (tertiary/aromatic N) is 3. The number of halogens is 2. The van der Waals surface area contributed by atoms with Gasteiger partial charge >= 0.3 is 0 Å². The molecule has 0 aliphatic carbocycles. The van der Waals surface area contributed by atoms with Gasteiger partial charge in [-0.05, 0) is 30.5 Å². The molecule has 5 nitrogen and oxygen atoms in total. The van der Waals surface area contributed by atoms with Crippen LogP contribution in [-0.4, -0.2) is 20.9 Å². The maximum atomic E-state index is 14.0. The van der Waals surface area contributed by atoms with E-state index in [1.165, 1.54) is 28.7 Å². The zero-order valence-corrected chi connectivity index (χ0v) is 15.4. The van der Waals surface area contributed by atoms with Crippen molar-refractivity contribution in [1.82, 2.24) is 15.0 Å². The molecular formula is C21H19F2N3O2. The van der Waals surface area contributed by atoms with E-state index in [9.17, 15) is 13.6 Å². The van der Waals surface area contributed by atoms with Gasteiger partial charge in [0.15, 0.2) is 0 Å². The molecule has 28 heavy (non-hydrogen) atoms. The molecule has 3 aromatic rings. The van der Waals surface area contributed by atoms with Crippen LogP contribution >= 0.6 is 0 Å². The standard InChI is InChI=1S/C21H19F2N3O2/c1-2-13-6-8-14(9-7-13)20-24-21(28-25-20)18-10-11-19(27)26(18)12-15-16(22)4-3-5-17(15)23/h3-9,18H,2,10-12H2,1H3. The molecule has 1 aromatic heterocycles. The Hall–Kier alpha value is -3.09. The largest absolute Gasteiger partial charge is 0.337 e. The van der Waals surface area contributed by atoms with Gasteiger partial charge in [0.25, 0.3) is 0 Å². The number of carbonyl (C=O) groups excluding carboxylic acids is 1. The van der Waals surface area contributed by atoms with E-state index < -0.39 is 17.7 Å². The summed E-state index contributed by atoms with van der Waals surface area (Å²) in [6.45, 7) is 1.90. The van der Waals surface area contributed by atoms with Crippen molar-refractivity contribution in [3.63, 3.8) is 0 Å². The molecule has 7 heteroatoms. The number of benzene rings is 2. The van der Waals surface area contributed by atoms with Crippen molar-refractivity contribution in [2.45, 2.75) is 38.8 Å². The second kappa shape index (κ2) is 7.50. The predicted octanol–water partition coefficient (Wildman–Crippen LogP) is 4.44. The van der Waals surface area contributed by atoms with Crippen molar-refractivity contribution in [3.8, 4) is 11.4 Å². The van der Waals surface area contributed by atoms with Crippen LogP contribution in [0, 0.1) is 11.6 Å². The normalized spacial score (nSPS) is 16.8. The summed E-state index contributed by atoms with van der Waals surface area (Å²) in [5.41, 5.74) is 1.87. The topological polar surface area (TPSA) is 59.2 Å². The van der Waals surface area contributed by atoms with Crippen molar-refractivity contribution in [1.29, 1.82) is 0 Å². The smallest absolute Gasteiger partial charge is 0.249 e. The predicted molar refractivity (Wildman–Crippen MR) is 98.0 cm³/mol. The number of likely N-dealkylation sites (tertiary alicyclic amines) is 1. The summed E-state index contributed by atoms with van der Waals surface area (Å²) in [6.07, 6.45) is 1.67. The Balaban J connectivity index is 1.59. The first-order valence-corrected chi connectivity index (χ1v) is 9.22. The molecular weight excluding hydrogens is 364 g/mol. The zero-order valence-electron chi connectivity index (χ0n) is 15.4. The number of amides is 1. The lowest BCUT2D eigenvalue weighted by Gasteiger charge is -2.22. The molecule has 1 fully saturated rings. The van der Waals surface area contributed by atoms with E-state index >= 15 is 0 Å². The van der Waals surface area contributed by atoms with E-state index in [0.29, 0.717) is 12.2 Å². The number of rotatable bonds is 5. The van der Waals surface area contributed by atoms with Crippen LogP contribution in [0.5, 0.6) is 0 Å². The van der Waals surface area contributed by atoms with Crippen LogP contribution in [0.25, 0.3) is 11.4 Å². The van der Waals surface area contributed by atoms with Crippen LogP contribution in [0.1, 0.15) is 42.8 Å². The number of aryl methyl sites for hydroxylation is 1. The molecule has 2 heterocycles. The Morgan fingerprint density at radius 3 is 2.54 bits per heavy atom. The summed E-state index contributed by atoms with van der Waals surface area (Å²) in [5.74, 6) is -0.854. The van der Waals surface area contributed by atoms with Crippen molar-refractivity contribution in [3.05, 3.63) is 71.1 Å². The maximum Gasteiger partial charge on any atom is 0.249 e. The Kier molecular flexibility index (Phi) is 4.90. The summed E-state index contributed by atoms with van der Waals surface area (Å²) < 4.78 is 33.4. The summed E-state index contributed by atoms with van der Waals surface area (Å²) in [5, 5.41) is 4.02. The van der Waals surface area contributed by atoms with Gasteiger partial charge < -0.3 is 9.42 Å². The first-order chi connectivity index (χ1) is 13.6. The minimum Gasteiger partial charge on any atom is -0.337 e. The Labute approximate surface area is 161 Å². The van der Waals surface area contributed by atoms with Gasteiger partial charge in [0.1, 0.15) is 17.7 Å². The van der Waals surface area contributed by atoms with Gasteiger partial charge in [-0.2, -0.15) is 4.98 Å². The molecule has 0 radical (unpaired) electrons. The van der Waals surface area contributed by atoms with Crippen LogP contribution in [0.2, 0.25) is 0 Å². The quantitative estimate of drug-likeness (QED) is 0.654. The van der Waals surface area contributed by atoms with Gasteiger partial charge in [-0.3, -0.25) is 4.79 Å². The maximum absolute atomic E-state index is 14.0. The van der Waals surface area contributed by atoms with Crippen LogP contribution in [0.4, 0.5) is 8.78 Å². The Bertz CT molecular complexity index is 981. The fourth-order valence-corrected chi connectivity index (χ4v) is 3.42. The van der Waals surface area contributed by atoms with Crippen molar-refractivity contribution in [2.75, 3.05) is 0 Å². The number of carbonyl (C=O) groups is 1. The van der Waals surface area contributed by atoms with Crippen LogP contribution in [0.15, 0.2) is 47.0 Å². The van der Waals surface area contributed by atoms with Gasteiger partial charge in [0.2, 0.25) is 17.6 Å². The second-order valence-corrected chi connectivity index (χ2v) is 6.78. The third-order valence-electron chi connectivity index (χ3n) is 5.07. The lowest BCUT2D eigenvalue weighted by molar-refractivity contribution is -0.130. The number of hydrogen-bond donors (Lipinski definition) is 0. The first kappa shape index (κ1) is 18.3. The van der Waals surface area contributed by atoms with E-state index in [-0.39, 0.29) is 30.3 Å². The molecule has 0 spiro atoms. The minimum absolute atomic E-state index is 0.141. The van der Waals surface area contributed by atoms with Crippen LogP contribution < -0.4 is 0 Å². The van der Waals surface area contributed by atoms with Gasteiger partial charge in [-0.15, -0.1) is 0 Å². The highest BCUT2D eigenvalue weighted by molar-refractivity contribution is 5.78. The summed E-state index contributed by atoms with van der Waals surface area (Å²) >= 11 is 0. The first-order valence-electron chi connectivity index (χ1n) is 9.22. The molecule has 1 unspecified atom stereocenters. The molecule has 1 saturated heterocycles. The molecule has 1 amide bonds. The van der Waals surface area contributed by atoms with E-state index in [1.807, 2.05) is 24.3 Å². The molecule has 4 rings (SSSR count). The molecule has 144 valence electrons.